The van der Waals surface area contributed by atoms with E-state index in [1.165, 1.54) is 13.2 Å². The zero-order valence-electron chi connectivity index (χ0n) is 8.48. The summed E-state index contributed by atoms with van der Waals surface area (Å²) in [6.07, 6.45) is -0.687. The van der Waals surface area contributed by atoms with E-state index in [9.17, 15) is 9.90 Å². The Kier molecular flexibility index (Phi) is 3.30. The van der Waals surface area contributed by atoms with Gasteiger partial charge in [-0.05, 0) is 18.1 Å². The molecule has 0 radical (unpaired) electrons. The molecule has 1 atom stereocenters. The lowest BCUT2D eigenvalue weighted by atomic mass is 10.1. The summed E-state index contributed by atoms with van der Waals surface area (Å²) in [4.78, 5) is 11.0. The van der Waals surface area contributed by atoms with Crippen LogP contribution in [0.4, 0.5) is 0 Å². The van der Waals surface area contributed by atoms with Crippen LogP contribution in [0.15, 0.2) is 16.5 Å². The number of methoxy groups -OCH3 is 1. The van der Waals surface area contributed by atoms with E-state index in [-0.39, 0.29) is 11.7 Å². The van der Waals surface area contributed by atoms with Crippen LogP contribution in [0.25, 0.3) is 0 Å². The molecule has 0 spiro atoms. The van der Waals surface area contributed by atoms with Crippen molar-refractivity contribution in [3.63, 3.8) is 0 Å². The van der Waals surface area contributed by atoms with E-state index in [2.05, 4.69) is 4.74 Å². The highest BCUT2D eigenvalue weighted by Gasteiger charge is 2.18. The Morgan fingerprint density at radius 1 is 1.50 bits per heavy atom. The number of esters is 1. The average molecular weight is 198 g/mol. The summed E-state index contributed by atoms with van der Waals surface area (Å²) in [6, 6.07) is 3.07. The van der Waals surface area contributed by atoms with Gasteiger partial charge in [-0.3, -0.25) is 0 Å². The zero-order chi connectivity index (χ0) is 10.7. The average Bonchev–Trinajstić information content (AvgIpc) is 2.64. The number of hydrogen-bond acceptors (Lipinski definition) is 4. The molecule has 0 amide bonds. The smallest absolute Gasteiger partial charge is 0.373 e. The van der Waals surface area contributed by atoms with Gasteiger partial charge in [-0.2, -0.15) is 0 Å². The summed E-state index contributed by atoms with van der Waals surface area (Å²) in [5, 5.41) is 9.62. The fraction of sp³-hybridized carbons (Fsp3) is 0.500. The van der Waals surface area contributed by atoms with Gasteiger partial charge in [-0.25, -0.2) is 4.79 Å². The topological polar surface area (TPSA) is 59.7 Å². The molecule has 4 nitrogen and oxygen atoms in total. The van der Waals surface area contributed by atoms with E-state index in [0.717, 1.165) is 0 Å². The first-order valence-electron chi connectivity index (χ1n) is 4.42. The molecule has 1 unspecified atom stereocenters. The summed E-state index contributed by atoms with van der Waals surface area (Å²) in [7, 11) is 1.28. The summed E-state index contributed by atoms with van der Waals surface area (Å²) in [5.74, 6) is 0.0152. The van der Waals surface area contributed by atoms with Crippen molar-refractivity contribution in [1.82, 2.24) is 0 Å². The molecule has 0 aromatic carbocycles. The Bertz CT molecular complexity index is 314. The third-order valence-electron chi connectivity index (χ3n) is 1.94. The van der Waals surface area contributed by atoms with Crippen molar-refractivity contribution in [2.45, 2.75) is 20.0 Å². The van der Waals surface area contributed by atoms with Gasteiger partial charge in [0.25, 0.3) is 0 Å². The van der Waals surface area contributed by atoms with E-state index < -0.39 is 12.1 Å². The van der Waals surface area contributed by atoms with Crippen LogP contribution in [0.2, 0.25) is 0 Å². The van der Waals surface area contributed by atoms with E-state index in [1.807, 2.05) is 13.8 Å². The lowest BCUT2D eigenvalue weighted by Gasteiger charge is -2.10. The third kappa shape index (κ3) is 2.14. The predicted molar refractivity (Wildman–Crippen MR) is 49.8 cm³/mol. The molecule has 0 saturated heterocycles. The van der Waals surface area contributed by atoms with Crippen molar-refractivity contribution < 1.29 is 19.1 Å². The molecule has 14 heavy (non-hydrogen) atoms. The standard InChI is InChI=1S/C10H14O4/c1-6(2)9(11)7-4-5-8(14-7)10(12)13-3/h4-6,9,11H,1-3H3. The molecular weight excluding hydrogens is 184 g/mol. The van der Waals surface area contributed by atoms with Crippen molar-refractivity contribution in [2.24, 2.45) is 5.92 Å². The molecule has 78 valence electrons. The first kappa shape index (κ1) is 10.8. The van der Waals surface area contributed by atoms with E-state index in [1.54, 1.807) is 6.07 Å². The van der Waals surface area contributed by atoms with Crippen LogP contribution in [-0.2, 0) is 4.74 Å². The Labute approximate surface area is 82.5 Å². The number of carbonyl (C=O) groups is 1. The van der Waals surface area contributed by atoms with Crippen LogP contribution >= 0.6 is 0 Å². The number of rotatable bonds is 3. The van der Waals surface area contributed by atoms with E-state index in [0.29, 0.717) is 5.76 Å². The highest BCUT2D eigenvalue weighted by Crippen LogP contribution is 2.23. The number of furan rings is 1. The summed E-state index contributed by atoms with van der Waals surface area (Å²) < 4.78 is 9.61. The van der Waals surface area contributed by atoms with Crippen LogP contribution in [0, 0.1) is 5.92 Å². The molecule has 4 heteroatoms. The van der Waals surface area contributed by atoms with Gasteiger partial charge < -0.3 is 14.3 Å². The van der Waals surface area contributed by atoms with Crippen LogP contribution in [0.5, 0.6) is 0 Å². The highest BCUT2D eigenvalue weighted by molar-refractivity contribution is 5.86. The summed E-state index contributed by atoms with van der Waals surface area (Å²) >= 11 is 0. The second-order valence-electron chi connectivity index (χ2n) is 3.38. The molecular formula is C10H14O4. The fourth-order valence-electron chi connectivity index (χ4n) is 1.05. The first-order valence-corrected chi connectivity index (χ1v) is 4.42. The molecule has 0 saturated carbocycles. The van der Waals surface area contributed by atoms with Crippen molar-refractivity contribution in [3.8, 4) is 0 Å². The molecule has 1 aromatic rings. The minimum Gasteiger partial charge on any atom is -0.463 e. The molecule has 0 bridgehead atoms. The van der Waals surface area contributed by atoms with Crippen molar-refractivity contribution >= 4 is 5.97 Å². The maximum Gasteiger partial charge on any atom is 0.373 e. The van der Waals surface area contributed by atoms with Gasteiger partial charge in [-0.1, -0.05) is 13.8 Å². The van der Waals surface area contributed by atoms with Gasteiger partial charge in [0.1, 0.15) is 11.9 Å². The van der Waals surface area contributed by atoms with E-state index in [4.69, 9.17) is 4.42 Å². The van der Waals surface area contributed by atoms with Crippen molar-refractivity contribution in [1.29, 1.82) is 0 Å². The largest absolute Gasteiger partial charge is 0.463 e. The molecule has 1 heterocycles. The Hall–Kier alpha value is -1.29. The van der Waals surface area contributed by atoms with Crippen LogP contribution in [0.3, 0.4) is 0 Å². The zero-order valence-corrected chi connectivity index (χ0v) is 8.48. The lowest BCUT2D eigenvalue weighted by molar-refractivity contribution is 0.0544. The predicted octanol–water partition coefficient (Wildman–Crippen LogP) is 1.76. The van der Waals surface area contributed by atoms with Gasteiger partial charge in [0, 0.05) is 0 Å². The fourth-order valence-corrected chi connectivity index (χ4v) is 1.05. The SMILES string of the molecule is COC(=O)c1ccc(C(O)C(C)C)o1. The van der Waals surface area contributed by atoms with Crippen molar-refractivity contribution in [3.05, 3.63) is 23.7 Å². The van der Waals surface area contributed by atoms with Gasteiger partial charge >= 0.3 is 5.97 Å². The number of hydrogen-bond donors (Lipinski definition) is 1. The Balaban J connectivity index is 2.82. The summed E-state index contributed by atoms with van der Waals surface area (Å²) in [6.45, 7) is 3.73. The second kappa shape index (κ2) is 4.28. The van der Waals surface area contributed by atoms with Crippen LogP contribution in [0.1, 0.15) is 36.3 Å². The van der Waals surface area contributed by atoms with Crippen LogP contribution in [-0.4, -0.2) is 18.2 Å². The van der Waals surface area contributed by atoms with Crippen LogP contribution < -0.4 is 0 Å². The van der Waals surface area contributed by atoms with E-state index >= 15 is 0 Å². The second-order valence-corrected chi connectivity index (χ2v) is 3.38. The monoisotopic (exact) mass is 198 g/mol. The number of ether oxygens (including phenoxy) is 1. The molecule has 0 aliphatic rings. The lowest BCUT2D eigenvalue weighted by Crippen LogP contribution is -2.04. The summed E-state index contributed by atoms with van der Waals surface area (Å²) in [5.41, 5.74) is 0. The number of aliphatic hydroxyl groups is 1. The molecule has 0 aliphatic carbocycles. The maximum absolute atomic E-state index is 11.0. The molecule has 0 aliphatic heterocycles. The minimum absolute atomic E-state index is 0.0478. The van der Waals surface area contributed by atoms with Gasteiger partial charge in [0.2, 0.25) is 5.76 Å². The quantitative estimate of drug-likeness (QED) is 0.752. The third-order valence-corrected chi connectivity index (χ3v) is 1.94. The van der Waals surface area contributed by atoms with Crippen molar-refractivity contribution in [2.75, 3.05) is 7.11 Å². The molecule has 0 fully saturated rings. The van der Waals surface area contributed by atoms with Gasteiger partial charge in [0.05, 0.1) is 7.11 Å². The van der Waals surface area contributed by atoms with Gasteiger partial charge in [0.15, 0.2) is 0 Å². The highest BCUT2D eigenvalue weighted by atomic mass is 16.5. The first-order chi connectivity index (χ1) is 6.56. The normalized spacial score (nSPS) is 12.9. The Morgan fingerprint density at radius 2 is 2.14 bits per heavy atom. The van der Waals surface area contributed by atoms with Gasteiger partial charge in [-0.15, -0.1) is 0 Å². The minimum atomic E-state index is -0.687. The molecule has 1 rings (SSSR count). The number of aliphatic hydroxyl groups excluding tert-OH is 1. The molecule has 1 aromatic heterocycles. The number of carbonyl (C=O) groups excluding carboxylic acids is 1. The Morgan fingerprint density at radius 3 is 2.64 bits per heavy atom. The molecule has 1 N–H and O–H groups in total. The maximum atomic E-state index is 11.0.